The van der Waals surface area contributed by atoms with E-state index in [1.807, 2.05) is 0 Å². The van der Waals surface area contributed by atoms with E-state index in [1.165, 1.54) is 42.5 Å². The van der Waals surface area contributed by atoms with Gasteiger partial charge >= 0.3 is 5.97 Å². The largest absolute Gasteiger partial charge is 0.484 e. The maximum Gasteiger partial charge on any atom is 0.338 e. The van der Waals surface area contributed by atoms with Crippen molar-refractivity contribution in [3.63, 3.8) is 0 Å². The van der Waals surface area contributed by atoms with Crippen molar-refractivity contribution in [3.05, 3.63) is 63.9 Å². The highest BCUT2D eigenvalue weighted by atomic mass is 79.9. The van der Waals surface area contributed by atoms with E-state index in [0.29, 0.717) is 21.3 Å². The summed E-state index contributed by atoms with van der Waals surface area (Å²) in [6.45, 7) is -0.220. The van der Waals surface area contributed by atoms with Crippen molar-refractivity contribution in [1.82, 2.24) is 0 Å². The maximum atomic E-state index is 13.0. The molecule has 0 unspecified atom stereocenters. The van der Waals surface area contributed by atoms with Gasteiger partial charge in [0, 0.05) is 10.0 Å². The van der Waals surface area contributed by atoms with Crippen molar-refractivity contribution in [1.29, 1.82) is 0 Å². The Labute approximate surface area is 140 Å². The first kappa shape index (κ1) is 17.0. The van der Waals surface area contributed by atoms with Crippen LogP contribution in [0.1, 0.15) is 15.9 Å². The minimum atomic E-state index is -0.585. The van der Waals surface area contributed by atoms with Crippen LogP contribution in [0, 0.1) is 5.82 Å². The summed E-state index contributed by atoms with van der Waals surface area (Å²) in [5.74, 6) is -1.07. The van der Waals surface area contributed by atoms with Crippen molar-refractivity contribution in [2.75, 3.05) is 6.61 Å². The molecule has 1 amide bonds. The molecule has 120 valence electrons. The number of carbonyl (C=O) groups excluding carboxylic acids is 2. The molecule has 0 radical (unpaired) electrons. The van der Waals surface area contributed by atoms with E-state index in [2.05, 4.69) is 15.9 Å². The quantitative estimate of drug-likeness (QED) is 0.780. The minimum absolute atomic E-state index is 0.0135. The summed E-state index contributed by atoms with van der Waals surface area (Å²) in [5, 5.41) is 0. The summed E-state index contributed by atoms with van der Waals surface area (Å²) in [6, 6.07) is 10.2. The highest BCUT2D eigenvalue weighted by molar-refractivity contribution is 9.10. The van der Waals surface area contributed by atoms with Gasteiger partial charge in [0.2, 0.25) is 0 Å². The van der Waals surface area contributed by atoms with Crippen LogP contribution >= 0.6 is 15.9 Å². The van der Waals surface area contributed by atoms with Gasteiger partial charge in [0.05, 0.1) is 5.56 Å². The molecule has 2 aromatic rings. The lowest BCUT2D eigenvalue weighted by molar-refractivity contribution is -0.119. The van der Waals surface area contributed by atoms with Crippen LogP contribution in [0.15, 0.2) is 46.9 Å². The molecule has 0 heterocycles. The monoisotopic (exact) mass is 381 g/mol. The molecule has 2 rings (SSSR count). The topological polar surface area (TPSA) is 78.6 Å². The summed E-state index contributed by atoms with van der Waals surface area (Å²) >= 11 is 3.21. The number of hydrogen-bond donors (Lipinski definition) is 1. The van der Waals surface area contributed by atoms with Gasteiger partial charge in [-0.15, -0.1) is 0 Å². The predicted octanol–water partition coefficient (Wildman–Crippen LogP) is 2.81. The fourth-order valence-electron chi connectivity index (χ4n) is 1.71. The molecule has 0 aromatic heterocycles. The lowest BCUT2D eigenvalue weighted by atomic mass is 10.2. The second-order valence-corrected chi connectivity index (χ2v) is 5.45. The fraction of sp³-hybridized carbons (Fsp3) is 0.125. The van der Waals surface area contributed by atoms with Gasteiger partial charge in [-0.05, 0) is 36.4 Å². The van der Waals surface area contributed by atoms with E-state index in [1.54, 1.807) is 0 Å². The molecule has 0 aliphatic heterocycles. The van der Waals surface area contributed by atoms with Crippen LogP contribution in [0.4, 0.5) is 4.39 Å². The molecule has 0 bridgehead atoms. The first-order valence-electron chi connectivity index (χ1n) is 6.58. The Balaban J connectivity index is 1.94. The average Bonchev–Trinajstić information content (AvgIpc) is 2.52. The molecule has 7 heteroatoms. The number of benzene rings is 2. The second-order valence-electron chi connectivity index (χ2n) is 4.59. The molecule has 0 aliphatic carbocycles. The fourth-order valence-corrected chi connectivity index (χ4v) is 2.17. The van der Waals surface area contributed by atoms with Crippen LogP contribution in [0.5, 0.6) is 5.75 Å². The zero-order valence-corrected chi connectivity index (χ0v) is 13.5. The Bertz CT molecular complexity index is 719. The third kappa shape index (κ3) is 5.07. The highest BCUT2D eigenvalue weighted by Gasteiger charge is 2.09. The van der Waals surface area contributed by atoms with Crippen molar-refractivity contribution in [3.8, 4) is 5.75 Å². The van der Waals surface area contributed by atoms with Crippen molar-refractivity contribution >= 4 is 27.8 Å². The molecule has 0 saturated carbocycles. The van der Waals surface area contributed by atoms with Gasteiger partial charge in [-0.3, -0.25) is 4.79 Å². The van der Waals surface area contributed by atoms with Crippen LogP contribution in [0.25, 0.3) is 0 Å². The molecule has 0 atom stereocenters. The van der Waals surface area contributed by atoms with Gasteiger partial charge in [0.25, 0.3) is 5.91 Å². The van der Waals surface area contributed by atoms with Crippen LogP contribution < -0.4 is 10.5 Å². The number of halogens is 2. The number of amides is 1. The first-order chi connectivity index (χ1) is 11.0. The molecule has 5 nitrogen and oxygen atoms in total. The number of nitrogens with two attached hydrogens (primary N) is 1. The van der Waals surface area contributed by atoms with Gasteiger partial charge in [-0.2, -0.15) is 0 Å². The standard InChI is InChI=1S/C16H13BrFNO4/c17-14-7-12(18)4-1-11(14)8-23-16(21)10-2-5-13(6-3-10)22-9-15(19)20/h1-7H,8-9H2,(H2,19,20). The van der Waals surface area contributed by atoms with E-state index in [9.17, 15) is 14.0 Å². The van der Waals surface area contributed by atoms with Gasteiger partial charge in [-0.25, -0.2) is 9.18 Å². The summed E-state index contributed by atoms with van der Waals surface area (Å²) in [4.78, 5) is 22.6. The lowest BCUT2D eigenvalue weighted by Gasteiger charge is -2.08. The predicted molar refractivity (Wildman–Crippen MR) is 84.4 cm³/mol. The smallest absolute Gasteiger partial charge is 0.338 e. The third-order valence-corrected chi connectivity index (χ3v) is 3.58. The van der Waals surface area contributed by atoms with E-state index in [4.69, 9.17) is 15.2 Å². The van der Waals surface area contributed by atoms with Crippen LogP contribution in [-0.2, 0) is 16.1 Å². The van der Waals surface area contributed by atoms with Gasteiger partial charge in [0.15, 0.2) is 6.61 Å². The maximum absolute atomic E-state index is 13.0. The number of ether oxygens (including phenoxy) is 2. The molecule has 0 saturated heterocycles. The zero-order chi connectivity index (χ0) is 16.8. The summed E-state index contributed by atoms with van der Waals surface area (Å²) in [7, 11) is 0. The summed E-state index contributed by atoms with van der Waals surface area (Å²) < 4.78 is 23.8. The Morgan fingerprint density at radius 1 is 1.13 bits per heavy atom. The average molecular weight is 382 g/mol. The Kier molecular flexibility index (Phi) is 5.70. The second kappa shape index (κ2) is 7.73. The van der Waals surface area contributed by atoms with Crippen molar-refractivity contribution in [2.24, 2.45) is 5.73 Å². The van der Waals surface area contributed by atoms with Gasteiger partial charge in [0.1, 0.15) is 18.2 Å². The van der Waals surface area contributed by atoms with E-state index >= 15 is 0 Å². The molecule has 2 aromatic carbocycles. The molecule has 23 heavy (non-hydrogen) atoms. The van der Waals surface area contributed by atoms with Crippen molar-refractivity contribution in [2.45, 2.75) is 6.61 Å². The Hall–Kier alpha value is -2.41. The van der Waals surface area contributed by atoms with Gasteiger partial charge in [-0.1, -0.05) is 22.0 Å². The number of primary amides is 1. The minimum Gasteiger partial charge on any atom is -0.484 e. The number of carbonyl (C=O) groups is 2. The molecule has 0 spiro atoms. The van der Waals surface area contributed by atoms with Crippen LogP contribution in [0.3, 0.4) is 0 Å². The van der Waals surface area contributed by atoms with E-state index in [-0.39, 0.29) is 19.0 Å². The SMILES string of the molecule is NC(=O)COc1ccc(C(=O)OCc2ccc(F)cc2Br)cc1. The summed E-state index contributed by atoms with van der Waals surface area (Å²) in [6.07, 6.45) is 0. The molecule has 0 aliphatic rings. The lowest BCUT2D eigenvalue weighted by Crippen LogP contribution is -2.20. The number of rotatable bonds is 6. The molecule has 2 N–H and O–H groups in total. The number of esters is 1. The van der Waals surface area contributed by atoms with Crippen LogP contribution in [0.2, 0.25) is 0 Å². The van der Waals surface area contributed by atoms with Crippen molar-refractivity contribution < 1.29 is 23.5 Å². The van der Waals surface area contributed by atoms with E-state index < -0.39 is 11.9 Å². The normalized spacial score (nSPS) is 10.2. The summed E-state index contributed by atoms with van der Waals surface area (Å²) in [5.41, 5.74) is 5.95. The third-order valence-electron chi connectivity index (χ3n) is 2.84. The van der Waals surface area contributed by atoms with Gasteiger partial charge < -0.3 is 15.2 Å². The Morgan fingerprint density at radius 3 is 2.43 bits per heavy atom. The molecular formula is C16H13BrFNO4. The Morgan fingerprint density at radius 2 is 1.83 bits per heavy atom. The van der Waals surface area contributed by atoms with E-state index in [0.717, 1.165) is 0 Å². The molecule has 0 fully saturated rings. The highest BCUT2D eigenvalue weighted by Crippen LogP contribution is 2.20. The zero-order valence-electron chi connectivity index (χ0n) is 11.9. The first-order valence-corrected chi connectivity index (χ1v) is 7.37. The van der Waals surface area contributed by atoms with Crippen LogP contribution in [-0.4, -0.2) is 18.5 Å². The number of hydrogen-bond acceptors (Lipinski definition) is 4. The molecular weight excluding hydrogens is 369 g/mol.